The molecule has 26 heavy (non-hydrogen) atoms. The van der Waals surface area contributed by atoms with Crippen LogP contribution in [-0.2, 0) is 6.54 Å². The Morgan fingerprint density at radius 3 is 2.81 bits per heavy atom. The van der Waals surface area contributed by atoms with E-state index in [4.69, 9.17) is 33.3 Å². The minimum Gasteiger partial charge on any atom is -0.454 e. The molecule has 8 heteroatoms. The molecule has 2 aromatic carbocycles. The summed E-state index contributed by atoms with van der Waals surface area (Å²) in [4.78, 5) is 0. The molecule has 0 radical (unpaired) electrons. The van der Waals surface area contributed by atoms with Gasteiger partial charge in [0, 0.05) is 23.0 Å². The zero-order valence-electron chi connectivity index (χ0n) is 13.6. The van der Waals surface area contributed by atoms with Gasteiger partial charge in [0.2, 0.25) is 6.79 Å². The number of nitrogens with one attached hydrogen (secondary N) is 2. The smallest absolute Gasteiger partial charge is 0.231 e. The lowest BCUT2D eigenvalue weighted by Gasteiger charge is -2.09. The third kappa shape index (κ3) is 3.74. The zero-order chi connectivity index (χ0) is 17.9. The Kier molecular flexibility index (Phi) is 4.64. The highest BCUT2D eigenvalue weighted by molar-refractivity contribution is 7.80. The van der Waals surface area contributed by atoms with Gasteiger partial charge in [-0.1, -0.05) is 29.8 Å². The van der Waals surface area contributed by atoms with Crippen LogP contribution in [0, 0.1) is 0 Å². The Labute approximate surface area is 160 Å². The van der Waals surface area contributed by atoms with Crippen LogP contribution in [0.25, 0.3) is 0 Å². The average molecular weight is 387 g/mol. The molecule has 0 unspecified atom stereocenters. The average Bonchev–Trinajstić information content (AvgIpc) is 3.25. The van der Waals surface area contributed by atoms with Crippen molar-refractivity contribution in [2.75, 3.05) is 17.4 Å². The Morgan fingerprint density at radius 1 is 1.12 bits per heavy atom. The summed E-state index contributed by atoms with van der Waals surface area (Å²) >= 11 is 11.5. The summed E-state index contributed by atoms with van der Waals surface area (Å²) in [6.07, 6.45) is 3.58. The molecule has 1 aliphatic rings. The van der Waals surface area contributed by atoms with Gasteiger partial charge in [-0.15, -0.1) is 0 Å². The number of nitrogens with zero attached hydrogens (tertiary/aromatic N) is 2. The Bertz CT molecular complexity index is 960. The highest BCUT2D eigenvalue weighted by Crippen LogP contribution is 2.34. The molecule has 6 nitrogen and oxygen atoms in total. The van der Waals surface area contributed by atoms with E-state index in [0.29, 0.717) is 17.4 Å². The summed E-state index contributed by atoms with van der Waals surface area (Å²) in [5.74, 6) is 1.43. The summed E-state index contributed by atoms with van der Waals surface area (Å²) in [5.41, 5.74) is 2.61. The molecule has 132 valence electrons. The largest absolute Gasteiger partial charge is 0.454 e. The normalized spacial score (nSPS) is 12.0. The summed E-state index contributed by atoms with van der Waals surface area (Å²) in [7, 11) is 0. The maximum atomic E-state index is 6.19. The van der Waals surface area contributed by atoms with Crippen molar-refractivity contribution in [3.63, 3.8) is 0 Å². The van der Waals surface area contributed by atoms with Crippen LogP contribution in [-0.4, -0.2) is 21.7 Å². The van der Waals surface area contributed by atoms with Crippen molar-refractivity contribution in [1.82, 2.24) is 9.78 Å². The molecule has 0 fully saturated rings. The number of hydrogen-bond donors (Lipinski definition) is 2. The molecule has 0 spiro atoms. The molecule has 0 atom stereocenters. The number of aromatic nitrogens is 2. The van der Waals surface area contributed by atoms with Crippen LogP contribution >= 0.6 is 23.8 Å². The van der Waals surface area contributed by atoms with E-state index < -0.39 is 0 Å². The summed E-state index contributed by atoms with van der Waals surface area (Å²) in [5, 5.41) is 11.7. The van der Waals surface area contributed by atoms with Crippen molar-refractivity contribution >= 4 is 40.3 Å². The van der Waals surface area contributed by atoms with E-state index in [1.54, 1.807) is 10.9 Å². The summed E-state index contributed by atoms with van der Waals surface area (Å²) in [6, 6.07) is 13.3. The van der Waals surface area contributed by atoms with Gasteiger partial charge in [-0.05, 0) is 36.0 Å². The van der Waals surface area contributed by atoms with Crippen LogP contribution in [0.5, 0.6) is 11.5 Å². The van der Waals surface area contributed by atoms with E-state index in [9.17, 15) is 0 Å². The number of benzene rings is 2. The molecule has 1 aromatic heterocycles. The molecule has 0 aliphatic carbocycles. The molecule has 0 saturated carbocycles. The fraction of sp³-hybridized carbons (Fsp3) is 0.111. The maximum absolute atomic E-state index is 6.19. The van der Waals surface area contributed by atoms with Crippen molar-refractivity contribution in [3.8, 4) is 11.5 Å². The fourth-order valence-corrected chi connectivity index (χ4v) is 3.01. The van der Waals surface area contributed by atoms with Gasteiger partial charge in [-0.3, -0.25) is 4.68 Å². The third-order valence-corrected chi connectivity index (χ3v) is 4.38. The molecule has 2 N–H and O–H groups in total. The first kappa shape index (κ1) is 16.7. The Balaban J connectivity index is 1.38. The van der Waals surface area contributed by atoms with Crippen molar-refractivity contribution in [2.45, 2.75) is 6.54 Å². The van der Waals surface area contributed by atoms with E-state index in [1.807, 2.05) is 48.7 Å². The van der Waals surface area contributed by atoms with Gasteiger partial charge >= 0.3 is 0 Å². The van der Waals surface area contributed by atoms with Crippen molar-refractivity contribution < 1.29 is 9.47 Å². The predicted octanol–water partition coefficient (Wildman–Crippen LogP) is 4.12. The maximum Gasteiger partial charge on any atom is 0.231 e. The number of fused-ring (bicyclic) bond motifs is 1. The first-order chi connectivity index (χ1) is 12.7. The quantitative estimate of drug-likeness (QED) is 0.658. The van der Waals surface area contributed by atoms with Crippen LogP contribution < -0.4 is 20.1 Å². The van der Waals surface area contributed by atoms with Crippen LogP contribution in [0.2, 0.25) is 5.02 Å². The number of anilines is 2. The Morgan fingerprint density at radius 2 is 1.92 bits per heavy atom. The van der Waals surface area contributed by atoms with Crippen molar-refractivity contribution in [1.29, 1.82) is 0 Å². The van der Waals surface area contributed by atoms with Gasteiger partial charge < -0.3 is 20.1 Å². The minimum absolute atomic E-state index is 0.242. The highest BCUT2D eigenvalue weighted by atomic mass is 35.5. The van der Waals surface area contributed by atoms with E-state index in [-0.39, 0.29) is 6.79 Å². The van der Waals surface area contributed by atoms with Crippen LogP contribution in [0.15, 0.2) is 54.9 Å². The van der Waals surface area contributed by atoms with E-state index >= 15 is 0 Å². The monoisotopic (exact) mass is 386 g/mol. The van der Waals surface area contributed by atoms with Gasteiger partial charge in [-0.25, -0.2) is 0 Å². The van der Waals surface area contributed by atoms with Gasteiger partial charge in [0.25, 0.3) is 0 Å². The second kappa shape index (κ2) is 7.23. The van der Waals surface area contributed by atoms with Crippen LogP contribution in [0.4, 0.5) is 11.4 Å². The van der Waals surface area contributed by atoms with Crippen LogP contribution in [0.1, 0.15) is 5.56 Å². The lowest BCUT2D eigenvalue weighted by Crippen LogP contribution is -2.18. The predicted molar refractivity (Wildman–Crippen MR) is 105 cm³/mol. The number of thiocarbonyl (C=S) groups is 1. The highest BCUT2D eigenvalue weighted by Gasteiger charge is 2.13. The van der Waals surface area contributed by atoms with Crippen molar-refractivity contribution in [3.05, 3.63) is 65.4 Å². The number of hydrogen-bond acceptors (Lipinski definition) is 4. The SMILES string of the molecule is S=C(Nc1ccc2c(c1)OCO2)Nc1cnn(Cc2ccccc2Cl)c1. The van der Waals surface area contributed by atoms with E-state index in [1.165, 1.54) is 0 Å². The number of ether oxygens (including phenoxy) is 2. The molecular formula is C18H15ClN4O2S. The number of rotatable bonds is 4. The molecule has 4 rings (SSSR count). The summed E-state index contributed by atoms with van der Waals surface area (Å²) in [6.45, 7) is 0.829. The number of halogens is 1. The first-order valence-electron chi connectivity index (χ1n) is 7.91. The second-order valence-electron chi connectivity index (χ2n) is 5.67. The van der Waals surface area contributed by atoms with Gasteiger partial charge in [0.1, 0.15) is 0 Å². The van der Waals surface area contributed by atoms with Gasteiger partial charge in [0.05, 0.1) is 18.4 Å². The first-order valence-corrected chi connectivity index (χ1v) is 8.69. The molecule has 0 saturated heterocycles. The lowest BCUT2D eigenvalue weighted by molar-refractivity contribution is 0.174. The second-order valence-corrected chi connectivity index (χ2v) is 6.48. The van der Waals surface area contributed by atoms with E-state index in [0.717, 1.165) is 27.7 Å². The van der Waals surface area contributed by atoms with Crippen LogP contribution in [0.3, 0.4) is 0 Å². The van der Waals surface area contributed by atoms with Gasteiger partial charge in [-0.2, -0.15) is 5.10 Å². The zero-order valence-corrected chi connectivity index (χ0v) is 15.2. The molecule has 0 amide bonds. The molecule has 3 aromatic rings. The molecule has 0 bridgehead atoms. The minimum atomic E-state index is 0.242. The van der Waals surface area contributed by atoms with E-state index in [2.05, 4.69) is 15.7 Å². The Hall–Kier alpha value is -2.77. The molecule has 1 aliphatic heterocycles. The lowest BCUT2D eigenvalue weighted by atomic mass is 10.2. The third-order valence-electron chi connectivity index (χ3n) is 3.81. The fourth-order valence-electron chi connectivity index (χ4n) is 2.58. The summed E-state index contributed by atoms with van der Waals surface area (Å²) < 4.78 is 12.5. The molecular weight excluding hydrogens is 372 g/mol. The molecule has 2 heterocycles. The standard InChI is InChI=1S/C18H15ClN4O2S/c19-15-4-2-1-3-12(15)9-23-10-14(8-20-23)22-18(26)21-13-5-6-16-17(7-13)25-11-24-16/h1-8,10H,9,11H2,(H2,21,22,26). The van der Waals surface area contributed by atoms with Gasteiger partial charge in [0.15, 0.2) is 16.6 Å². The van der Waals surface area contributed by atoms with Crippen molar-refractivity contribution in [2.24, 2.45) is 0 Å². The topological polar surface area (TPSA) is 60.3 Å².